The van der Waals surface area contributed by atoms with Crippen LogP contribution < -0.4 is 4.74 Å². The predicted octanol–water partition coefficient (Wildman–Crippen LogP) is 2.80. The number of benzene rings is 1. The maximum Gasteiger partial charge on any atom is 0.119 e. The third-order valence-corrected chi connectivity index (χ3v) is 4.26. The van der Waals surface area contributed by atoms with Crippen molar-refractivity contribution < 1.29 is 9.84 Å². The summed E-state index contributed by atoms with van der Waals surface area (Å²) in [5, 5.41) is 10.8. The van der Waals surface area contributed by atoms with E-state index in [4.69, 9.17) is 4.74 Å². The molecule has 0 radical (unpaired) electrons. The maximum absolute atomic E-state index is 10.8. The number of ether oxygens (including phenoxy) is 1. The molecule has 1 aliphatic rings. The lowest BCUT2D eigenvalue weighted by atomic mass is 9.93. The normalized spacial score (nSPS) is 22.0. The van der Waals surface area contributed by atoms with Crippen molar-refractivity contribution in [1.29, 1.82) is 0 Å². The summed E-state index contributed by atoms with van der Waals surface area (Å²) in [5.74, 6) is 0.806. The number of likely N-dealkylation sites (tertiary alicyclic amines) is 1. The maximum atomic E-state index is 10.8. The van der Waals surface area contributed by atoms with Crippen LogP contribution in [0, 0.1) is 6.92 Å². The Morgan fingerprint density at radius 2 is 2.04 bits per heavy atom. The van der Waals surface area contributed by atoms with Crippen molar-refractivity contribution in [3.63, 3.8) is 0 Å². The molecular formula is C19H24N2O2. The van der Waals surface area contributed by atoms with Gasteiger partial charge in [0.25, 0.3) is 0 Å². The van der Waals surface area contributed by atoms with E-state index in [1.807, 2.05) is 49.5 Å². The number of para-hydroxylation sites is 1. The highest BCUT2D eigenvalue weighted by atomic mass is 16.5. The molecule has 1 fully saturated rings. The number of nitrogens with zero attached hydrogens (tertiary/aromatic N) is 2. The van der Waals surface area contributed by atoms with Gasteiger partial charge in [0.1, 0.15) is 18.0 Å². The molecule has 3 rings (SSSR count). The van der Waals surface area contributed by atoms with Crippen molar-refractivity contribution >= 4 is 0 Å². The van der Waals surface area contributed by atoms with E-state index in [1.165, 1.54) is 5.56 Å². The summed E-state index contributed by atoms with van der Waals surface area (Å²) in [5.41, 5.74) is 1.43. The number of aryl methyl sites for hydroxylation is 1. The molecule has 1 N–H and O–H groups in total. The van der Waals surface area contributed by atoms with Gasteiger partial charge in [-0.3, -0.25) is 9.88 Å². The minimum atomic E-state index is -0.785. The SMILES string of the molecule is Cc1ccc(CN2CCCC(O)(COc3ccccc3)C2)cn1. The first-order chi connectivity index (χ1) is 11.1. The molecule has 2 aromatic rings. The standard InChI is InChI=1S/C19H24N2O2/c1-16-8-9-17(12-20-16)13-21-11-5-10-19(22,14-21)15-23-18-6-3-2-4-7-18/h2-4,6-9,12,22H,5,10-11,13-15H2,1H3. The van der Waals surface area contributed by atoms with E-state index < -0.39 is 5.60 Å². The van der Waals surface area contributed by atoms with E-state index in [-0.39, 0.29) is 0 Å². The Labute approximate surface area is 137 Å². The summed E-state index contributed by atoms with van der Waals surface area (Å²) in [7, 11) is 0. The fourth-order valence-electron chi connectivity index (χ4n) is 3.04. The topological polar surface area (TPSA) is 45.6 Å². The van der Waals surface area contributed by atoms with E-state index in [0.29, 0.717) is 13.2 Å². The Kier molecular flexibility index (Phi) is 4.94. The van der Waals surface area contributed by atoms with Crippen molar-refractivity contribution in [2.75, 3.05) is 19.7 Å². The summed E-state index contributed by atoms with van der Waals surface area (Å²) >= 11 is 0. The Morgan fingerprint density at radius 1 is 1.22 bits per heavy atom. The third-order valence-electron chi connectivity index (χ3n) is 4.26. The van der Waals surface area contributed by atoms with Crippen LogP contribution in [0.25, 0.3) is 0 Å². The molecule has 1 unspecified atom stereocenters. The van der Waals surface area contributed by atoms with Gasteiger partial charge in [0.05, 0.1) is 0 Å². The second-order valence-corrected chi connectivity index (χ2v) is 6.45. The van der Waals surface area contributed by atoms with Crippen LogP contribution in [-0.2, 0) is 6.54 Å². The third kappa shape index (κ3) is 4.53. The molecule has 0 aliphatic carbocycles. The predicted molar refractivity (Wildman–Crippen MR) is 90.4 cm³/mol. The van der Waals surface area contributed by atoms with Crippen molar-refractivity contribution in [1.82, 2.24) is 9.88 Å². The molecule has 122 valence electrons. The van der Waals surface area contributed by atoms with Gasteiger partial charge in [0.2, 0.25) is 0 Å². The van der Waals surface area contributed by atoms with Gasteiger partial charge in [-0.05, 0) is 50.1 Å². The minimum absolute atomic E-state index is 0.333. The zero-order valence-corrected chi connectivity index (χ0v) is 13.6. The van der Waals surface area contributed by atoms with Crippen molar-refractivity contribution in [3.05, 3.63) is 59.9 Å². The number of β-amino-alcohol motifs (C(OH)–C–C–N with tert-alkyl or cyclic N) is 1. The molecule has 1 aromatic heterocycles. The summed E-state index contributed by atoms with van der Waals surface area (Å²) in [4.78, 5) is 6.63. The Balaban J connectivity index is 1.57. The number of pyridine rings is 1. The minimum Gasteiger partial charge on any atom is -0.491 e. The largest absolute Gasteiger partial charge is 0.491 e. The molecule has 4 nitrogen and oxygen atoms in total. The molecular weight excluding hydrogens is 288 g/mol. The molecule has 1 aliphatic heterocycles. The molecule has 1 aromatic carbocycles. The highest BCUT2D eigenvalue weighted by Crippen LogP contribution is 2.24. The second kappa shape index (κ2) is 7.11. The smallest absolute Gasteiger partial charge is 0.119 e. The van der Waals surface area contributed by atoms with Gasteiger partial charge in [-0.25, -0.2) is 0 Å². The second-order valence-electron chi connectivity index (χ2n) is 6.45. The van der Waals surface area contributed by atoms with Crippen LogP contribution in [0.5, 0.6) is 5.75 Å². The molecule has 0 spiro atoms. The van der Waals surface area contributed by atoms with Crippen molar-refractivity contribution in [2.45, 2.75) is 31.9 Å². The van der Waals surface area contributed by atoms with Gasteiger partial charge >= 0.3 is 0 Å². The number of hydrogen-bond donors (Lipinski definition) is 1. The van der Waals surface area contributed by atoms with Gasteiger partial charge < -0.3 is 9.84 Å². The zero-order chi connectivity index (χ0) is 16.1. The van der Waals surface area contributed by atoms with Crippen LogP contribution >= 0.6 is 0 Å². The first-order valence-corrected chi connectivity index (χ1v) is 8.17. The molecule has 2 heterocycles. The Hall–Kier alpha value is -1.91. The fourth-order valence-corrected chi connectivity index (χ4v) is 3.04. The molecule has 0 saturated carbocycles. The van der Waals surface area contributed by atoms with Crippen LogP contribution in [0.1, 0.15) is 24.1 Å². The first-order valence-electron chi connectivity index (χ1n) is 8.17. The van der Waals surface area contributed by atoms with Gasteiger partial charge in [-0.2, -0.15) is 0 Å². The summed E-state index contributed by atoms with van der Waals surface area (Å²) in [6, 6.07) is 13.8. The molecule has 0 bridgehead atoms. The van der Waals surface area contributed by atoms with E-state index >= 15 is 0 Å². The average molecular weight is 312 g/mol. The van der Waals surface area contributed by atoms with Crippen LogP contribution in [-0.4, -0.2) is 40.3 Å². The Bertz CT molecular complexity index is 615. The van der Waals surface area contributed by atoms with Gasteiger partial charge in [0, 0.05) is 25.0 Å². The molecule has 4 heteroatoms. The van der Waals surface area contributed by atoms with E-state index in [2.05, 4.69) is 16.0 Å². The summed E-state index contributed by atoms with van der Waals surface area (Å²) in [6.45, 7) is 4.78. The van der Waals surface area contributed by atoms with Crippen molar-refractivity contribution in [3.8, 4) is 5.75 Å². The zero-order valence-electron chi connectivity index (χ0n) is 13.6. The Morgan fingerprint density at radius 3 is 2.78 bits per heavy atom. The summed E-state index contributed by atoms with van der Waals surface area (Å²) in [6.07, 6.45) is 3.68. The lowest BCUT2D eigenvalue weighted by Crippen LogP contribution is -2.51. The number of piperidine rings is 1. The van der Waals surface area contributed by atoms with Gasteiger partial charge in [-0.15, -0.1) is 0 Å². The molecule has 0 amide bonds. The van der Waals surface area contributed by atoms with E-state index in [0.717, 1.165) is 37.4 Å². The monoisotopic (exact) mass is 312 g/mol. The van der Waals surface area contributed by atoms with E-state index in [9.17, 15) is 5.11 Å². The molecule has 23 heavy (non-hydrogen) atoms. The molecule has 1 atom stereocenters. The number of hydrogen-bond acceptors (Lipinski definition) is 4. The average Bonchev–Trinajstić information content (AvgIpc) is 2.56. The van der Waals surface area contributed by atoms with E-state index in [1.54, 1.807) is 0 Å². The fraction of sp³-hybridized carbons (Fsp3) is 0.421. The number of aliphatic hydroxyl groups is 1. The first kappa shape index (κ1) is 16.0. The lowest BCUT2D eigenvalue weighted by Gasteiger charge is -2.39. The lowest BCUT2D eigenvalue weighted by molar-refractivity contribution is -0.0621. The van der Waals surface area contributed by atoms with Crippen LogP contribution in [0.4, 0.5) is 0 Å². The van der Waals surface area contributed by atoms with Gasteiger partial charge in [-0.1, -0.05) is 24.3 Å². The quantitative estimate of drug-likeness (QED) is 0.922. The number of rotatable bonds is 5. The molecule has 1 saturated heterocycles. The number of aromatic nitrogens is 1. The van der Waals surface area contributed by atoms with Crippen molar-refractivity contribution in [2.24, 2.45) is 0 Å². The van der Waals surface area contributed by atoms with Crippen LogP contribution in [0.15, 0.2) is 48.7 Å². The van der Waals surface area contributed by atoms with Crippen LogP contribution in [0.3, 0.4) is 0 Å². The van der Waals surface area contributed by atoms with Crippen LogP contribution in [0.2, 0.25) is 0 Å². The highest BCUT2D eigenvalue weighted by molar-refractivity contribution is 5.21. The van der Waals surface area contributed by atoms with Gasteiger partial charge in [0.15, 0.2) is 0 Å². The summed E-state index contributed by atoms with van der Waals surface area (Å²) < 4.78 is 5.77. The highest BCUT2D eigenvalue weighted by Gasteiger charge is 2.34.